The Morgan fingerprint density at radius 1 is 0.238 bits per heavy atom. The molecule has 0 spiro atoms. The molecule has 5 atom stereocenters. The van der Waals surface area contributed by atoms with Crippen molar-refractivity contribution in [3.8, 4) is 0 Å². The molecule has 0 aromatic rings. The second-order valence-corrected chi connectivity index (χ2v) is 35.7. The lowest BCUT2D eigenvalue weighted by atomic mass is 10.0. The molecule has 0 aliphatic heterocycles. The lowest BCUT2D eigenvalue weighted by Crippen LogP contribution is -2.30. The summed E-state index contributed by atoms with van der Waals surface area (Å²) in [4.78, 5) is 73.2. The summed E-state index contributed by atoms with van der Waals surface area (Å²) in [6, 6.07) is 0. The Kier molecular flexibility index (Phi) is 73.4. The van der Waals surface area contributed by atoms with Crippen molar-refractivity contribution in [3.05, 3.63) is 0 Å². The average molecular weight is 1540 g/mol. The van der Waals surface area contributed by atoms with E-state index in [0.717, 1.165) is 114 Å². The van der Waals surface area contributed by atoms with Crippen LogP contribution in [-0.4, -0.2) is 96.7 Å². The summed E-state index contributed by atoms with van der Waals surface area (Å²) in [7, 11) is -9.93. The molecule has 3 unspecified atom stereocenters. The highest BCUT2D eigenvalue weighted by Gasteiger charge is 2.30. The van der Waals surface area contributed by atoms with E-state index in [9.17, 15) is 43.2 Å². The van der Waals surface area contributed by atoms with Crippen molar-refractivity contribution >= 4 is 39.5 Å². The number of aliphatic hydroxyl groups is 1. The molecule has 624 valence electrons. The maximum Gasteiger partial charge on any atom is 0.472 e. The molecule has 0 aromatic heterocycles. The Morgan fingerprint density at radius 3 is 0.590 bits per heavy atom. The van der Waals surface area contributed by atoms with Gasteiger partial charge in [0.25, 0.3) is 0 Å². The quantitative estimate of drug-likeness (QED) is 0.0222. The van der Waals surface area contributed by atoms with E-state index in [1.165, 1.54) is 244 Å². The first-order chi connectivity index (χ1) is 50.6. The molecular formula is C86H168O17P2. The van der Waals surface area contributed by atoms with E-state index in [0.29, 0.717) is 31.6 Å². The molecule has 0 saturated heterocycles. The summed E-state index contributed by atoms with van der Waals surface area (Å²) in [5.74, 6) is 1.02. The van der Waals surface area contributed by atoms with Gasteiger partial charge < -0.3 is 33.8 Å². The third-order valence-electron chi connectivity index (χ3n) is 20.1. The van der Waals surface area contributed by atoms with Crippen LogP contribution in [0.4, 0.5) is 0 Å². The smallest absolute Gasteiger partial charge is 0.462 e. The van der Waals surface area contributed by atoms with Gasteiger partial charge in [-0.15, -0.1) is 0 Å². The van der Waals surface area contributed by atoms with Gasteiger partial charge in [0.1, 0.15) is 19.3 Å². The highest BCUT2D eigenvalue weighted by molar-refractivity contribution is 7.47. The van der Waals surface area contributed by atoms with Gasteiger partial charge in [0.2, 0.25) is 0 Å². The van der Waals surface area contributed by atoms with Crippen molar-refractivity contribution in [1.82, 2.24) is 0 Å². The van der Waals surface area contributed by atoms with Gasteiger partial charge in [-0.1, -0.05) is 396 Å². The summed E-state index contributed by atoms with van der Waals surface area (Å²) in [5.41, 5.74) is 0. The largest absolute Gasteiger partial charge is 0.472 e. The van der Waals surface area contributed by atoms with Gasteiger partial charge in [0, 0.05) is 25.7 Å². The molecule has 17 nitrogen and oxygen atoms in total. The van der Waals surface area contributed by atoms with Crippen LogP contribution in [0.15, 0.2) is 0 Å². The van der Waals surface area contributed by atoms with Gasteiger partial charge in [-0.2, -0.15) is 0 Å². The molecule has 0 fully saturated rings. The number of ether oxygens (including phenoxy) is 4. The number of phosphoric ester groups is 2. The molecule has 105 heavy (non-hydrogen) atoms. The standard InChI is InChI=1S/C86H168O17P2/c1-76(2)62-54-46-38-31-25-19-13-9-10-16-23-29-35-43-52-60-68-85(90)102-81(72-96-83(88)66-58-50-42-34-28-22-17-11-14-20-26-32-39-47-55-63-77(3)4)74-100-104(92,93)98-70-80(87)71-99-105(94,95)101-75-82(73-97-84(89)67-59-51-45-37-41-49-57-65-79(7)8)103-86(91)69-61-53-44-36-30-24-18-12-15-21-27-33-40-48-56-64-78(5)6/h76-82,87H,9-75H2,1-8H3,(H,92,93)(H,94,95)/t80?,81-,82-/m1/s1. The van der Waals surface area contributed by atoms with Gasteiger partial charge in [-0.05, 0) is 49.4 Å². The van der Waals surface area contributed by atoms with E-state index >= 15 is 0 Å². The van der Waals surface area contributed by atoms with Crippen molar-refractivity contribution in [1.29, 1.82) is 0 Å². The Labute approximate surface area is 645 Å². The molecule has 0 radical (unpaired) electrons. The maximum absolute atomic E-state index is 13.1. The van der Waals surface area contributed by atoms with Crippen molar-refractivity contribution in [2.75, 3.05) is 39.6 Å². The average Bonchev–Trinajstić information content (AvgIpc) is 0.912. The molecule has 0 aliphatic rings. The van der Waals surface area contributed by atoms with Gasteiger partial charge in [-0.25, -0.2) is 9.13 Å². The van der Waals surface area contributed by atoms with Crippen LogP contribution in [-0.2, 0) is 65.4 Å². The van der Waals surface area contributed by atoms with Gasteiger partial charge >= 0.3 is 39.5 Å². The zero-order chi connectivity index (χ0) is 77.4. The molecule has 0 aliphatic carbocycles. The summed E-state index contributed by atoms with van der Waals surface area (Å²) in [5, 5.41) is 10.7. The number of unbranched alkanes of at least 4 members (excludes halogenated alkanes) is 49. The molecule has 19 heteroatoms. The molecule has 0 aromatic carbocycles. The minimum atomic E-state index is -4.97. The van der Waals surface area contributed by atoms with E-state index in [2.05, 4.69) is 55.4 Å². The minimum absolute atomic E-state index is 0.107. The summed E-state index contributed by atoms with van der Waals surface area (Å²) in [6.07, 6.45) is 63.9. The molecule has 0 bridgehead atoms. The number of aliphatic hydroxyl groups excluding tert-OH is 1. The normalized spacial score (nSPS) is 13.9. The first-order valence-corrected chi connectivity index (χ1v) is 47.2. The van der Waals surface area contributed by atoms with Gasteiger partial charge in [0.05, 0.1) is 26.4 Å². The number of carbonyl (C=O) groups is 4. The second-order valence-electron chi connectivity index (χ2n) is 32.8. The predicted octanol–water partition coefficient (Wildman–Crippen LogP) is 25.9. The monoisotopic (exact) mass is 1540 g/mol. The molecule has 0 heterocycles. The van der Waals surface area contributed by atoms with Gasteiger partial charge in [-0.3, -0.25) is 37.3 Å². The Balaban J connectivity index is 5.24. The maximum atomic E-state index is 13.1. The van der Waals surface area contributed by atoms with E-state index in [1.807, 2.05) is 0 Å². The highest BCUT2D eigenvalue weighted by atomic mass is 31.2. The fraction of sp³-hybridized carbons (Fsp3) is 0.953. The number of rotatable bonds is 83. The zero-order valence-corrected chi connectivity index (χ0v) is 71.2. The number of esters is 4. The predicted molar refractivity (Wildman–Crippen MR) is 432 cm³/mol. The van der Waals surface area contributed by atoms with Crippen molar-refractivity contribution < 1.29 is 80.2 Å². The number of carbonyl (C=O) groups excluding carboxylic acids is 4. The lowest BCUT2D eigenvalue weighted by Gasteiger charge is -2.21. The van der Waals surface area contributed by atoms with Crippen LogP contribution < -0.4 is 0 Å². The third kappa shape index (κ3) is 79.9. The van der Waals surface area contributed by atoms with Crippen LogP contribution in [0.1, 0.15) is 447 Å². The second kappa shape index (κ2) is 74.8. The van der Waals surface area contributed by atoms with Crippen molar-refractivity contribution in [2.24, 2.45) is 23.7 Å². The van der Waals surface area contributed by atoms with E-state index < -0.39 is 97.5 Å². The highest BCUT2D eigenvalue weighted by Crippen LogP contribution is 2.45. The fourth-order valence-corrected chi connectivity index (χ4v) is 14.9. The summed E-state index contributed by atoms with van der Waals surface area (Å²) < 4.78 is 68.9. The van der Waals surface area contributed by atoms with E-state index in [-0.39, 0.29) is 25.7 Å². The lowest BCUT2D eigenvalue weighted by molar-refractivity contribution is -0.161. The Bertz CT molecular complexity index is 2040. The van der Waals surface area contributed by atoms with Crippen LogP contribution in [0, 0.1) is 23.7 Å². The summed E-state index contributed by atoms with van der Waals surface area (Å²) in [6.45, 7) is 14.3. The number of hydrogen-bond donors (Lipinski definition) is 3. The van der Waals surface area contributed by atoms with Crippen LogP contribution in [0.25, 0.3) is 0 Å². The third-order valence-corrected chi connectivity index (χ3v) is 22.0. The van der Waals surface area contributed by atoms with E-state index in [4.69, 9.17) is 37.0 Å². The first-order valence-electron chi connectivity index (χ1n) is 44.2. The fourth-order valence-electron chi connectivity index (χ4n) is 13.3. The topological polar surface area (TPSA) is 237 Å². The molecule has 3 N–H and O–H groups in total. The van der Waals surface area contributed by atoms with Crippen LogP contribution in [0.3, 0.4) is 0 Å². The molecule has 0 saturated carbocycles. The van der Waals surface area contributed by atoms with Crippen LogP contribution >= 0.6 is 15.6 Å². The van der Waals surface area contributed by atoms with Crippen molar-refractivity contribution in [2.45, 2.75) is 465 Å². The Morgan fingerprint density at radius 2 is 0.400 bits per heavy atom. The van der Waals surface area contributed by atoms with Gasteiger partial charge in [0.15, 0.2) is 12.2 Å². The van der Waals surface area contributed by atoms with Crippen LogP contribution in [0.2, 0.25) is 0 Å². The van der Waals surface area contributed by atoms with Crippen molar-refractivity contribution in [3.63, 3.8) is 0 Å². The molecular weight excluding hydrogens is 1370 g/mol. The molecule has 0 amide bonds. The first kappa shape index (κ1) is 103. The number of hydrogen-bond acceptors (Lipinski definition) is 15. The summed E-state index contributed by atoms with van der Waals surface area (Å²) >= 11 is 0. The Hall–Kier alpha value is -1.94. The molecule has 0 rings (SSSR count). The zero-order valence-electron chi connectivity index (χ0n) is 69.4. The van der Waals surface area contributed by atoms with Crippen LogP contribution in [0.5, 0.6) is 0 Å². The number of phosphoric acid groups is 2. The van der Waals surface area contributed by atoms with E-state index in [1.54, 1.807) is 0 Å². The SMILES string of the molecule is CC(C)CCCCCCCCCCCCCCCCCCC(=O)O[C@H](COC(=O)CCCCCCCCCCCCCCCCCC(C)C)COP(=O)(O)OCC(O)COP(=O)(O)OC[C@@H](COC(=O)CCCCCCCCCC(C)C)OC(=O)CCCCCCCCCCCCCCCCCC(C)C. The minimum Gasteiger partial charge on any atom is -0.462 e.